The van der Waals surface area contributed by atoms with Gasteiger partial charge in [-0.2, -0.15) is 9.47 Å². The summed E-state index contributed by atoms with van der Waals surface area (Å²) in [5.74, 6) is 0.800. The minimum Gasteiger partial charge on any atom is -0.358 e. The molecular formula is C18H20N6OS. The Morgan fingerprint density at radius 3 is 2.73 bits per heavy atom. The molecule has 8 heteroatoms. The van der Waals surface area contributed by atoms with Gasteiger partial charge in [-0.15, -0.1) is 0 Å². The van der Waals surface area contributed by atoms with Crippen LogP contribution in [0.1, 0.15) is 37.5 Å². The summed E-state index contributed by atoms with van der Waals surface area (Å²) in [6.45, 7) is 1.89. The lowest BCUT2D eigenvalue weighted by Gasteiger charge is -2.29. The second-order valence-electron chi connectivity index (χ2n) is 6.54. The molecule has 7 nitrogen and oxygen atoms in total. The zero-order valence-electron chi connectivity index (χ0n) is 14.5. The van der Waals surface area contributed by atoms with Crippen LogP contribution in [-0.2, 0) is 0 Å². The fourth-order valence-electron chi connectivity index (χ4n) is 3.35. The Bertz CT molecular complexity index is 930. The van der Waals surface area contributed by atoms with Crippen LogP contribution in [0.3, 0.4) is 0 Å². The van der Waals surface area contributed by atoms with Crippen LogP contribution in [0, 0.1) is 6.92 Å². The van der Waals surface area contributed by atoms with Gasteiger partial charge in [-0.25, -0.2) is 9.67 Å². The standard InChI is InChI=1S/C18H20N6OS/c1-12-20-18(26-23-12)21-14-4-6-15(7-5-14)24-17(25)9-8-16(22-24)13-3-2-10-19-11-13/h2-3,8-11,14-15H,4-7H2,1H3,(H,20,21,23). The Balaban J connectivity index is 1.46. The molecule has 3 heterocycles. The van der Waals surface area contributed by atoms with Gasteiger partial charge in [-0.3, -0.25) is 9.78 Å². The number of nitrogens with one attached hydrogen (secondary N) is 1. The van der Waals surface area contributed by atoms with Crippen LogP contribution in [0.5, 0.6) is 0 Å². The fraction of sp³-hybridized carbons (Fsp3) is 0.389. The van der Waals surface area contributed by atoms with E-state index in [1.165, 1.54) is 11.5 Å². The molecule has 1 fully saturated rings. The van der Waals surface area contributed by atoms with E-state index < -0.39 is 0 Å². The van der Waals surface area contributed by atoms with Crippen molar-refractivity contribution in [2.24, 2.45) is 0 Å². The monoisotopic (exact) mass is 368 g/mol. The van der Waals surface area contributed by atoms with E-state index in [9.17, 15) is 4.79 Å². The fourth-order valence-corrected chi connectivity index (χ4v) is 4.00. The van der Waals surface area contributed by atoms with Crippen LogP contribution in [0.15, 0.2) is 41.5 Å². The number of hydrogen-bond donors (Lipinski definition) is 1. The van der Waals surface area contributed by atoms with Crippen molar-refractivity contribution in [2.45, 2.75) is 44.7 Å². The first-order chi connectivity index (χ1) is 12.7. The Labute approximate surface area is 155 Å². The number of anilines is 1. The molecular weight excluding hydrogens is 348 g/mol. The lowest BCUT2D eigenvalue weighted by Crippen LogP contribution is -2.33. The second kappa shape index (κ2) is 7.33. The predicted molar refractivity (Wildman–Crippen MR) is 101 cm³/mol. The van der Waals surface area contributed by atoms with Gasteiger partial charge in [-0.05, 0) is 50.8 Å². The van der Waals surface area contributed by atoms with E-state index in [0.29, 0.717) is 6.04 Å². The van der Waals surface area contributed by atoms with Crippen LogP contribution in [0.25, 0.3) is 11.3 Å². The molecule has 0 spiro atoms. The molecule has 134 valence electrons. The smallest absolute Gasteiger partial charge is 0.267 e. The summed E-state index contributed by atoms with van der Waals surface area (Å²) in [5, 5.41) is 8.93. The zero-order chi connectivity index (χ0) is 17.9. The number of nitrogens with zero attached hydrogens (tertiary/aromatic N) is 5. The van der Waals surface area contributed by atoms with E-state index in [0.717, 1.165) is 47.9 Å². The number of hydrogen-bond acceptors (Lipinski definition) is 7. The lowest BCUT2D eigenvalue weighted by molar-refractivity contribution is 0.304. The largest absolute Gasteiger partial charge is 0.358 e. The van der Waals surface area contributed by atoms with Crippen molar-refractivity contribution in [1.82, 2.24) is 24.1 Å². The number of rotatable bonds is 4. The van der Waals surface area contributed by atoms with Gasteiger partial charge >= 0.3 is 0 Å². The van der Waals surface area contributed by atoms with Crippen molar-refractivity contribution >= 4 is 16.7 Å². The molecule has 0 atom stereocenters. The van der Waals surface area contributed by atoms with Crippen LogP contribution >= 0.6 is 11.5 Å². The summed E-state index contributed by atoms with van der Waals surface area (Å²) in [7, 11) is 0. The first kappa shape index (κ1) is 16.8. The quantitative estimate of drug-likeness (QED) is 0.762. The highest BCUT2D eigenvalue weighted by Crippen LogP contribution is 2.29. The first-order valence-electron chi connectivity index (χ1n) is 8.76. The first-order valence-corrected chi connectivity index (χ1v) is 9.53. The summed E-state index contributed by atoms with van der Waals surface area (Å²) in [6, 6.07) is 7.70. The summed E-state index contributed by atoms with van der Waals surface area (Å²) in [5.41, 5.74) is 1.65. The minimum absolute atomic E-state index is 0.0474. The molecule has 1 aliphatic carbocycles. The maximum atomic E-state index is 12.3. The molecule has 1 N–H and O–H groups in total. The number of pyridine rings is 1. The summed E-state index contributed by atoms with van der Waals surface area (Å²) < 4.78 is 5.85. The van der Waals surface area contributed by atoms with Gasteiger partial charge in [0, 0.05) is 41.6 Å². The van der Waals surface area contributed by atoms with Gasteiger partial charge in [0.25, 0.3) is 5.56 Å². The molecule has 0 saturated heterocycles. The molecule has 4 rings (SSSR count). The Hall–Kier alpha value is -2.61. The SMILES string of the molecule is Cc1nsc(NC2CCC(n3nc(-c4cccnc4)ccc3=O)CC2)n1. The number of aryl methyl sites for hydroxylation is 1. The Morgan fingerprint density at radius 2 is 2.04 bits per heavy atom. The molecule has 1 aliphatic rings. The molecule has 0 unspecified atom stereocenters. The van der Waals surface area contributed by atoms with E-state index in [4.69, 9.17) is 0 Å². The Kier molecular flexibility index (Phi) is 4.75. The maximum Gasteiger partial charge on any atom is 0.267 e. The average Bonchev–Trinajstić information content (AvgIpc) is 3.08. The van der Waals surface area contributed by atoms with Crippen LogP contribution in [0.2, 0.25) is 0 Å². The van der Waals surface area contributed by atoms with Gasteiger partial charge < -0.3 is 5.32 Å². The van der Waals surface area contributed by atoms with E-state index in [-0.39, 0.29) is 11.6 Å². The average molecular weight is 368 g/mol. The zero-order valence-corrected chi connectivity index (χ0v) is 15.3. The summed E-state index contributed by atoms with van der Waals surface area (Å²) in [6.07, 6.45) is 7.29. The van der Waals surface area contributed by atoms with Crippen molar-refractivity contribution in [3.05, 3.63) is 52.8 Å². The third-order valence-corrected chi connectivity index (χ3v) is 5.42. The summed E-state index contributed by atoms with van der Waals surface area (Å²) in [4.78, 5) is 20.8. The molecule has 0 aliphatic heterocycles. The topological polar surface area (TPSA) is 85.6 Å². The van der Waals surface area contributed by atoms with Crippen molar-refractivity contribution in [3.63, 3.8) is 0 Å². The molecule has 0 radical (unpaired) electrons. The molecule has 1 saturated carbocycles. The maximum absolute atomic E-state index is 12.3. The van der Waals surface area contributed by atoms with Gasteiger partial charge in [-0.1, -0.05) is 0 Å². The van der Waals surface area contributed by atoms with Crippen molar-refractivity contribution < 1.29 is 0 Å². The molecule has 0 aromatic carbocycles. The highest BCUT2D eigenvalue weighted by atomic mass is 32.1. The Morgan fingerprint density at radius 1 is 1.19 bits per heavy atom. The molecule has 0 amide bonds. The lowest BCUT2D eigenvalue weighted by atomic mass is 9.91. The van der Waals surface area contributed by atoms with Gasteiger partial charge in [0.1, 0.15) is 5.82 Å². The van der Waals surface area contributed by atoms with Crippen LogP contribution in [-0.4, -0.2) is 30.2 Å². The highest BCUT2D eigenvalue weighted by Gasteiger charge is 2.24. The third-order valence-electron chi connectivity index (χ3n) is 4.68. The summed E-state index contributed by atoms with van der Waals surface area (Å²) >= 11 is 1.40. The van der Waals surface area contributed by atoms with Gasteiger partial charge in [0.05, 0.1) is 11.7 Å². The molecule has 3 aromatic rings. The van der Waals surface area contributed by atoms with Crippen LogP contribution in [0.4, 0.5) is 5.13 Å². The van der Waals surface area contributed by atoms with Gasteiger partial charge in [0.15, 0.2) is 0 Å². The molecule has 26 heavy (non-hydrogen) atoms. The van der Waals surface area contributed by atoms with Crippen LogP contribution < -0.4 is 10.9 Å². The molecule has 3 aromatic heterocycles. The predicted octanol–water partition coefficient (Wildman–Crippen LogP) is 3.06. The minimum atomic E-state index is -0.0474. The van der Waals surface area contributed by atoms with E-state index >= 15 is 0 Å². The normalized spacial score (nSPS) is 20.0. The molecule has 0 bridgehead atoms. The number of aromatic nitrogens is 5. The van der Waals surface area contributed by atoms with Gasteiger partial charge in [0.2, 0.25) is 5.13 Å². The van der Waals surface area contributed by atoms with E-state index in [2.05, 4.69) is 24.8 Å². The van der Waals surface area contributed by atoms with Crippen molar-refractivity contribution in [3.8, 4) is 11.3 Å². The second-order valence-corrected chi connectivity index (χ2v) is 7.29. The highest BCUT2D eigenvalue weighted by molar-refractivity contribution is 7.09. The van der Waals surface area contributed by atoms with E-state index in [1.54, 1.807) is 29.2 Å². The third kappa shape index (κ3) is 3.65. The van der Waals surface area contributed by atoms with Crippen molar-refractivity contribution in [1.29, 1.82) is 0 Å². The van der Waals surface area contributed by atoms with Crippen molar-refractivity contribution in [2.75, 3.05) is 5.32 Å². The van der Waals surface area contributed by atoms with E-state index in [1.807, 2.05) is 19.1 Å².